The minimum absolute atomic E-state index is 0.00952. The number of nitrogens with zero attached hydrogens (tertiary/aromatic N) is 2. The summed E-state index contributed by atoms with van der Waals surface area (Å²) in [5.41, 5.74) is 2.97. The number of aromatic nitrogens is 2. The molecule has 0 radical (unpaired) electrons. The molecule has 2 aromatic rings. The summed E-state index contributed by atoms with van der Waals surface area (Å²) >= 11 is 0. The van der Waals surface area contributed by atoms with Gasteiger partial charge < -0.3 is 19.7 Å². The second kappa shape index (κ2) is 7.60. The Kier molecular flexibility index (Phi) is 5.19. The fourth-order valence-electron chi connectivity index (χ4n) is 4.29. The van der Waals surface area contributed by atoms with Gasteiger partial charge in [-0.05, 0) is 49.8 Å². The van der Waals surface area contributed by atoms with Crippen LogP contribution in [0.25, 0.3) is 11.0 Å². The highest BCUT2D eigenvalue weighted by molar-refractivity contribution is 5.77. The van der Waals surface area contributed by atoms with Crippen molar-refractivity contribution >= 4 is 16.9 Å². The Morgan fingerprint density at radius 1 is 1.44 bits per heavy atom. The molecule has 2 aliphatic rings. The van der Waals surface area contributed by atoms with Crippen molar-refractivity contribution in [2.75, 3.05) is 26.3 Å². The van der Waals surface area contributed by atoms with Crippen molar-refractivity contribution in [2.45, 2.75) is 45.6 Å². The molecule has 1 aliphatic carbocycles. The van der Waals surface area contributed by atoms with E-state index in [1.807, 2.05) is 24.0 Å². The number of carbonyl (C=O) groups is 1. The van der Waals surface area contributed by atoms with Gasteiger partial charge in [-0.2, -0.15) is 0 Å². The second-order valence-corrected chi connectivity index (χ2v) is 8.42. The molecule has 1 saturated carbocycles. The number of carbonyl (C=O) groups excluding carboxylic acids is 1. The van der Waals surface area contributed by atoms with Gasteiger partial charge in [-0.3, -0.25) is 4.79 Å². The number of aliphatic hydroxyl groups excluding tert-OH is 1. The van der Waals surface area contributed by atoms with E-state index in [0.717, 1.165) is 48.6 Å². The summed E-state index contributed by atoms with van der Waals surface area (Å²) in [7, 11) is 0. The minimum atomic E-state index is -0.105. The fraction of sp³-hybridized carbons (Fsp3) is 0.619. The number of hydrogen-bond donors (Lipinski definition) is 2. The van der Waals surface area contributed by atoms with Crippen LogP contribution in [0, 0.1) is 18.3 Å². The highest BCUT2D eigenvalue weighted by Crippen LogP contribution is 2.44. The molecule has 1 aliphatic heterocycles. The average molecular weight is 371 g/mol. The van der Waals surface area contributed by atoms with Gasteiger partial charge in [-0.25, -0.2) is 4.98 Å². The number of amides is 1. The summed E-state index contributed by atoms with van der Waals surface area (Å²) in [6.45, 7) is 3.99. The third kappa shape index (κ3) is 4.33. The van der Waals surface area contributed by atoms with E-state index in [-0.39, 0.29) is 24.5 Å². The van der Waals surface area contributed by atoms with Crippen LogP contribution < -0.4 is 0 Å². The number of nitrogens with one attached hydrogen (secondary N) is 1. The van der Waals surface area contributed by atoms with E-state index >= 15 is 0 Å². The summed E-state index contributed by atoms with van der Waals surface area (Å²) < 4.78 is 5.64. The van der Waals surface area contributed by atoms with E-state index < -0.39 is 0 Å². The molecular formula is C21H29N3O3. The second-order valence-electron chi connectivity index (χ2n) is 8.42. The lowest BCUT2D eigenvalue weighted by Crippen LogP contribution is -2.49. The number of hydrogen-bond acceptors (Lipinski definition) is 4. The normalized spacial score (nSPS) is 23.1. The van der Waals surface area contributed by atoms with Crippen LogP contribution in [-0.4, -0.2) is 52.2 Å². The molecule has 1 amide bonds. The van der Waals surface area contributed by atoms with E-state index in [9.17, 15) is 9.90 Å². The quantitative estimate of drug-likeness (QED) is 0.784. The van der Waals surface area contributed by atoms with Crippen LogP contribution in [0.3, 0.4) is 0 Å². The van der Waals surface area contributed by atoms with Crippen molar-refractivity contribution in [1.82, 2.24) is 14.9 Å². The first-order chi connectivity index (χ1) is 13.1. The summed E-state index contributed by atoms with van der Waals surface area (Å²) in [5, 5.41) is 9.95. The predicted octanol–water partition coefficient (Wildman–Crippen LogP) is 2.79. The first-order valence-electron chi connectivity index (χ1n) is 9.99. The molecule has 1 saturated heterocycles. The van der Waals surface area contributed by atoms with Crippen molar-refractivity contribution < 1.29 is 14.6 Å². The third-order valence-electron chi connectivity index (χ3n) is 5.92. The molecule has 2 heterocycles. The van der Waals surface area contributed by atoms with Gasteiger partial charge >= 0.3 is 0 Å². The number of rotatable bonds is 7. The van der Waals surface area contributed by atoms with E-state index in [0.29, 0.717) is 13.2 Å². The Bertz CT molecular complexity index is 814. The Hall–Kier alpha value is -1.92. The molecule has 4 rings (SSSR count). The highest BCUT2D eigenvalue weighted by atomic mass is 16.5. The van der Waals surface area contributed by atoms with E-state index in [4.69, 9.17) is 4.74 Å². The number of aryl methyl sites for hydroxylation is 1. The van der Waals surface area contributed by atoms with Gasteiger partial charge in [0.05, 0.1) is 17.6 Å². The average Bonchev–Trinajstić information content (AvgIpc) is 3.38. The molecule has 0 bridgehead atoms. The summed E-state index contributed by atoms with van der Waals surface area (Å²) in [6.07, 6.45) is 5.57. The molecule has 1 atom stereocenters. The maximum atomic E-state index is 12.6. The first kappa shape index (κ1) is 18.4. The third-order valence-corrected chi connectivity index (χ3v) is 5.92. The number of H-pyrrole nitrogens is 1. The zero-order chi connectivity index (χ0) is 18.9. The fourth-order valence-corrected chi connectivity index (χ4v) is 4.29. The van der Waals surface area contributed by atoms with Crippen molar-refractivity contribution in [3.8, 4) is 0 Å². The number of piperidine rings is 1. The van der Waals surface area contributed by atoms with Gasteiger partial charge in [-0.1, -0.05) is 18.9 Å². The van der Waals surface area contributed by atoms with Crippen LogP contribution in [0.5, 0.6) is 0 Å². The van der Waals surface area contributed by atoms with E-state index in [1.54, 1.807) is 0 Å². The monoisotopic (exact) mass is 371 g/mol. The van der Waals surface area contributed by atoms with Crippen LogP contribution in [0.4, 0.5) is 0 Å². The van der Waals surface area contributed by atoms with Crippen molar-refractivity contribution in [3.05, 3.63) is 29.6 Å². The smallest absolute Gasteiger partial charge is 0.248 e. The molecule has 1 aromatic carbocycles. The van der Waals surface area contributed by atoms with Crippen molar-refractivity contribution in [1.29, 1.82) is 0 Å². The molecule has 2 N–H and O–H groups in total. The standard InChI is InChI=1S/C21H29N3O3/c1-15-3-6-17-18(9-15)23-19(22-17)11-27-12-20(26)24-8-2-7-21(13-24,14-25)10-16-4-5-16/h3,6,9,16,25H,2,4-5,7-8,10-14H2,1H3,(H,22,23). The van der Waals surface area contributed by atoms with Gasteiger partial charge in [0.15, 0.2) is 0 Å². The lowest BCUT2D eigenvalue weighted by atomic mass is 9.76. The summed E-state index contributed by atoms with van der Waals surface area (Å²) in [5.74, 6) is 1.50. The predicted molar refractivity (Wildman–Crippen MR) is 103 cm³/mol. The first-order valence-corrected chi connectivity index (χ1v) is 9.99. The zero-order valence-electron chi connectivity index (χ0n) is 16.0. The van der Waals surface area contributed by atoms with Crippen LogP contribution >= 0.6 is 0 Å². The topological polar surface area (TPSA) is 78.4 Å². The van der Waals surface area contributed by atoms with E-state index in [2.05, 4.69) is 16.0 Å². The molecule has 6 nitrogen and oxygen atoms in total. The van der Waals surface area contributed by atoms with Crippen LogP contribution in [-0.2, 0) is 16.1 Å². The Balaban J connectivity index is 1.30. The van der Waals surface area contributed by atoms with E-state index in [1.165, 1.54) is 18.4 Å². The van der Waals surface area contributed by atoms with Gasteiger partial charge in [-0.15, -0.1) is 0 Å². The van der Waals surface area contributed by atoms with Crippen LogP contribution in [0.2, 0.25) is 0 Å². The number of likely N-dealkylation sites (tertiary alicyclic amines) is 1. The maximum absolute atomic E-state index is 12.6. The molecule has 0 spiro atoms. The minimum Gasteiger partial charge on any atom is -0.396 e. The Labute approximate surface area is 159 Å². The lowest BCUT2D eigenvalue weighted by Gasteiger charge is -2.42. The molecule has 2 fully saturated rings. The lowest BCUT2D eigenvalue weighted by molar-refractivity contribution is -0.141. The SMILES string of the molecule is Cc1ccc2nc(COCC(=O)N3CCCC(CO)(CC4CC4)C3)[nH]c2c1. The molecule has 146 valence electrons. The number of ether oxygens (including phenoxy) is 1. The molecule has 6 heteroatoms. The van der Waals surface area contributed by atoms with Gasteiger partial charge in [0.25, 0.3) is 0 Å². The largest absolute Gasteiger partial charge is 0.396 e. The number of benzene rings is 1. The molecule has 27 heavy (non-hydrogen) atoms. The van der Waals surface area contributed by atoms with Crippen LogP contribution in [0.15, 0.2) is 18.2 Å². The molecule has 1 aromatic heterocycles. The van der Waals surface area contributed by atoms with Gasteiger partial charge in [0.1, 0.15) is 19.0 Å². The van der Waals surface area contributed by atoms with Crippen molar-refractivity contribution in [2.24, 2.45) is 11.3 Å². The number of fused-ring (bicyclic) bond motifs is 1. The molecule has 1 unspecified atom stereocenters. The number of aromatic amines is 1. The summed E-state index contributed by atoms with van der Waals surface area (Å²) in [4.78, 5) is 22.2. The highest BCUT2D eigenvalue weighted by Gasteiger charge is 2.40. The van der Waals surface area contributed by atoms with Gasteiger partial charge in [0, 0.05) is 18.5 Å². The summed E-state index contributed by atoms with van der Waals surface area (Å²) in [6, 6.07) is 6.07. The van der Waals surface area contributed by atoms with Crippen molar-refractivity contribution in [3.63, 3.8) is 0 Å². The Morgan fingerprint density at radius 3 is 3.07 bits per heavy atom. The van der Waals surface area contributed by atoms with Gasteiger partial charge in [0.2, 0.25) is 5.91 Å². The molecular weight excluding hydrogens is 342 g/mol. The number of aliphatic hydroxyl groups is 1. The maximum Gasteiger partial charge on any atom is 0.248 e. The zero-order valence-corrected chi connectivity index (χ0v) is 16.0. The Morgan fingerprint density at radius 2 is 2.30 bits per heavy atom. The van der Waals surface area contributed by atoms with Crippen LogP contribution in [0.1, 0.15) is 43.5 Å². The number of imidazole rings is 1.